The zero-order valence-electron chi connectivity index (χ0n) is 43.4. The second kappa shape index (κ2) is 54.5. The van der Waals surface area contributed by atoms with Crippen molar-refractivity contribution in [2.75, 3.05) is 13.2 Å². The van der Waals surface area contributed by atoms with Crippen molar-refractivity contribution in [1.29, 1.82) is 0 Å². The van der Waals surface area contributed by atoms with Gasteiger partial charge < -0.3 is 14.2 Å². The summed E-state index contributed by atoms with van der Waals surface area (Å²) >= 11 is 0. The minimum Gasteiger partial charge on any atom is -0.462 e. The van der Waals surface area contributed by atoms with Crippen LogP contribution in [0.3, 0.4) is 0 Å². The monoisotopic (exact) mass is 921 g/mol. The van der Waals surface area contributed by atoms with E-state index in [0.29, 0.717) is 19.3 Å². The highest BCUT2D eigenvalue weighted by Crippen LogP contribution is 2.15. The first-order chi connectivity index (χ1) is 32.5. The van der Waals surface area contributed by atoms with Gasteiger partial charge >= 0.3 is 17.9 Å². The Bertz CT molecular complexity index is 1240. The van der Waals surface area contributed by atoms with Crippen LogP contribution >= 0.6 is 0 Å². The van der Waals surface area contributed by atoms with Crippen LogP contribution in [0.2, 0.25) is 0 Å². The molecule has 0 aromatic carbocycles. The summed E-state index contributed by atoms with van der Waals surface area (Å²) in [7, 11) is 0. The molecule has 0 heterocycles. The third-order valence-corrected chi connectivity index (χ3v) is 11.9. The van der Waals surface area contributed by atoms with Crippen molar-refractivity contribution in [3.05, 3.63) is 72.9 Å². The summed E-state index contributed by atoms with van der Waals surface area (Å²) in [5.74, 6) is -0.954. The normalized spacial score (nSPS) is 12.6. The van der Waals surface area contributed by atoms with E-state index >= 15 is 0 Å². The Morgan fingerprint density at radius 1 is 0.318 bits per heavy atom. The van der Waals surface area contributed by atoms with Crippen molar-refractivity contribution in [1.82, 2.24) is 0 Å². The van der Waals surface area contributed by atoms with Gasteiger partial charge in [0.1, 0.15) is 13.2 Å². The fraction of sp³-hybridized carbons (Fsp3) is 0.750. The molecule has 0 aliphatic heterocycles. The molecule has 0 bridgehead atoms. The standard InChI is InChI=1S/C60H104O6/c1-4-7-10-13-16-19-22-25-27-29-30-32-33-35-38-41-44-47-50-53-59(62)65-56-57(55-64-58(61)52-49-46-43-40-37-24-21-18-15-12-9-6-3)66-60(63)54-51-48-45-42-39-36-34-31-28-26-23-20-17-14-11-8-5-2/h8,11,17,20,26,28-30,34,36,42,45,57H,4-7,9-10,12-16,18-19,21-25,27,31-33,35,37-41,43-44,46-56H2,1-3H3/b11-8-,20-17-,28-26-,30-29-,36-34-,45-42-/t57-/m1/s1. The molecule has 66 heavy (non-hydrogen) atoms. The number of ether oxygens (including phenoxy) is 3. The molecule has 0 saturated carbocycles. The summed E-state index contributed by atoms with van der Waals surface area (Å²) in [4.78, 5) is 38.1. The molecule has 0 amide bonds. The van der Waals surface area contributed by atoms with Gasteiger partial charge in [-0.25, -0.2) is 0 Å². The summed E-state index contributed by atoms with van der Waals surface area (Å²) in [6, 6.07) is 0. The molecule has 6 heteroatoms. The van der Waals surface area contributed by atoms with Crippen molar-refractivity contribution >= 4 is 17.9 Å². The largest absolute Gasteiger partial charge is 0.462 e. The van der Waals surface area contributed by atoms with Crippen LogP contribution in [0.25, 0.3) is 0 Å². The lowest BCUT2D eigenvalue weighted by Crippen LogP contribution is -2.30. The molecular weight excluding hydrogens is 817 g/mol. The van der Waals surface area contributed by atoms with Crippen molar-refractivity contribution < 1.29 is 28.6 Å². The summed E-state index contributed by atoms with van der Waals surface area (Å²) in [5.41, 5.74) is 0. The molecule has 0 rings (SSSR count). The molecule has 0 aliphatic carbocycles. The van der Waals surface area contributed by atoms with Crippen molar-refractivity contribution in [3.8, 4) is 0 Å². The first-order valence-corrected chi connectivity index (χ1v) is 27.9. The quantitative estimate of drug-likeness (QED) is 0.0262. The third-order valence-electron chi connectivity index (χ3n) is 11.9. The van der Waals surface area contributed by atoms with Crippen LogP contribution in [-0.2, 0) is 28.6 Å². The molecule has 0 unspecified atom stereocenters. The number of unbranched alkanes of at least 4 members (excludes halogenated alkanes) is 27. The van der Waals surface area contributed by atoms with Crippen molar-refractivity contribution in [3.63, 3.8) is 0 Å². The zero-order valence-corrected chi connectivity index (χ0v) is 43.4. The van der Waals surface area contributed by atoms with E-state index in [0.717, 1.165) is 77.0 Å². The highest BCUT2D eigenvalue weighted by molar-refractivity contribution is 5.71. The van der Waals surface area contributed by atoms with Gasteiger partial charge in [-0.15, -0.1) is 0 Å². The lowest BCUT2D eigenvalue weighted by Gasteiger charge is -2.18. The van der Waals surface area contributed by atoms with Gasteiger partial charge in [-0.05, 0) is 83.5 Å². The lowest BCUT2D eigenvalue weighted by atomic mass is 10.0. The predicted octanol–water partition coefficient (Wildman–Crippen LogP) is 18.6. The Morgan fingerprint density at radius 2 is 0.606 bits per heavy atom. The van der Waals surface area contributed by atoms with Gasteiger partial charge in [0.2, 0.25) is 0 Å². The first kappa shape index (κ1) is 62.8. The van der Waals surface area contributed by atoms with Crippen LogP contribution < -0.4 is 0 Å². The molecule has 0 aromatic rings. The fourth-order valence-corrected chi connectivity index (χ4v) is 7.77. The third kappa shape index (κ3) is 51.8. The van der Waals surface area contributed by atoms with Gasteiger partial charge in [0.15, 0.2) is 6.10 Å². The smallest absolute Gasteiger partial charge is 0.306 e. The number of esters is 3. The molecule has 0 N–H and O–H groups in total. The number of hydrogen-bond donors (Lipinski definition) is 0. The second-order valence-electron chi connectivity index (χ2n) is 18.5. The van der Waals surface area contributed by atoms with Gasteiger partial charge in [0.05, 0.1) is 0 Å². The molecule has 6 nitrogen and oxygen atoms in total. The summed E-state index contributed by atoms with van der Waals surface area (Å²) in [5, 5.41) is 0. The van der Waals surface area contributed by atoms with E-state index in [4.69, 9.17) is 14.2 Å². The highest BCUT2D eigenvalue weighted by Gasteiger charge is 2.19. The van der Waals surface area contributed by atoms with Gasteiger partial charge in [-0.1, -0.05) is 241 Å². The van der Waals surface area contributed by atoms with E-state index in [1.165, 1.54) is 148 Å². The van der Waals surface area contributed by atoms with Crippen LogP contribution in [0.4, 0.5) is 0 Å². The summed E-state index contributed by atoms with van der Waals surface area (Å²) in [6.07, 6.45) is 69.0. The van der Waals surface area contributed by atoms with Crippen LogP contribution in [0, 0.1) is 0 Å². The Morgan fingerprint density at radius 3 is 0.985 bits per heavy atom. The van der Waals surface area contributed by atoms with E-state index in [1.54, 1.807) is 0 Å². The first-order valence-electron chi connectivity index (χ1n) is 27.9. The average molecular weight is 921 g/mol. The topological polar surface area (TPSA) is 78.9 Å². The molecule has 0 aromatic heterocycles. The van der Waals surface area contributed by atoms with Gasteiger partial charge in [0.25, 0.3) is 0 Å². The fourth-order valence-electron chi connectivity index (χ4n) is 7.77. The van der Waals surface area contributed by atoms with Gasteiger partial charge in [-0.2, -0.15) is 0 Å². The van der Waals surface area contributed by atoms with Gasteiger partial charge in [-0.3, -0.25) is 14.4 Å². The molecule has 380 valence electrons. The number of hydrogen-bond acceptors (Lipinski definition) is 6. The average Bonchev–Trinajstić information content (AvgIpc) is 3.31. The van der Waals surface area contributed by atoms with Crippen LogP contribution in [0.15, 0.2) is 72.9 Å². The molecule has 0 radical (unpaired) electrons. The Kier molecular flexibility index (Phi) is 51.9. The van der Waals surface area contributed by atoms with Crippen LogP contribution in [0.1, 0.15) is 271 Å². The van der Waals surface area contributed by atoms with Crippen LogP contribution in [-0.4, -0.2) is 37.2 Å². The summed E-state index contributed by atoms with van der Waals surface area (Å²) in [6.45, 7) is 6.49. The van der Waals surface area contributed by atoms with E-state index in [-0.39, 0.29) is 37.5 Å². The molecule has 0 saturated heterocycles. The van der Waals surface area contributed by atoms with E-state index in [1.807, 2.05) is 0 Å². The summed E-state index contributed by atoms with van der Waals surface area (Å²) < 4.78 is 16.8. The number of rotatable bonds is 50. The molecule has 0 aliphatic rings. The van der Waals surface area contributed by atoms with Crippen LogP contribution in [0.5, 0.6) is 0 Å². The number of allylic oxidation sites excluding steroid dienone is 12. The predicted molar refractivity (Wildman–Crippen MR) is 284 cm³/mol. The Labute approximate surface area is 408 Å². The molecule has 0 spiro atoms. The molecular formula is C60H104O6. The van der Waals surface area contributed by atoms with Crippen molar-refractivity contribution in [2.45, 2.75) is 277 Å². The minimum atomic E-state index is -0.805. The van der Waals surface area contributed by atoms with E-state index < -0.39 is 6.10 Å². The zero-order chi connectivity index (χ0) is 47.9. The minimum absolute atomic E-state index is 0.0973. The maximum atomic E-state index is 12.8. The highest BCUT2D eigenvalue weighted by atomic mass is 16.6. The molecule has 1 atom stereocenters. The lowest BCUT2D eigenvalue weighted by molar-refractivity contribution is -0.167. The maximum Gasteiger partial charge on any atom is 0.306 e. The number of carbonyl (C=O) groups is 3. The second-order valence-corrected chi connectivity index (χ2v) is 18.5. The Hall–Kier alpha value is -3.15. The Balaban J connectivity index is 4.43. The number of carbonyl (C=O) groups excluding carboxylic acids is 3. The SMILES string of the molecule is CC/C=C\C/C=C\C/C=C\C/C=C\C/C=C\CCCC(=O)O[C@@H](COC(=O)CCCCCCCCC/C=C\CCCCCCCCCC)COC(=O)CCCCCCCCCCCCCC. The van der Waals surface area contributed by atoms with Gasteiger partial charge in [0, 0.05) is 19.3 Å². The molecule has 0 fully saturated rings. The maximum absolute atomic E-state index is 12.8. The van der Waals surface area contributed by atoms with E-state index in [9.17, 15) is 14.4 Å². The van der Waals surface area contributed by atoms with Crippen molar-refractivity contribution in [2.24, 2.45) is 0 Å². The van der Waals surface area contributed by atoms with E-state index in [2.05, 4.69) is 93.7 Å².